The Morgan fingerprint density at radius 1 is 0.848 bits per heavy atom. The van der Waals surface area contributed by atoms with Gasteiger partial charge in [-0.25, -0.2) is 8.42 Å². The zero-order valence-electron chi connectivity index (χ0n) is 17.7. The van der Waals surface area contributed by atoms with Crippen LogP contribution in [0.25, 0.3) is 11.3 Å². The van der Waals surface area contributed by atoms with E-state index >= 15 is 0 Å². The van der Waals surface area contributed by atoms with E-state index < -0.39 is 26.7 Å². The fourth-order valence-electron chi connectivity index (χ4n) is 3.74. The molecule has 4 rings (SSSR count). The molecule has 1 aliphatic rings. The number of nitrogens with one attached hydrogen (secondary N) is 1. The van der Waals surface area contributed by atoms with E-state index in [1.165, 1.54) is 18.9 Å². The van der Waals surface area contributed by atoms with Crippen LogP contribution in [0.1, 0.15) is 31.2 Å². The summed E-state index contributed by atoms with van der Waals surface area (Å²) in [5.74, 6) is 0.807. The smallest absolute Gasteiger partial charge is 0.355 e. The third-order valence-corrected chi connectivity index (χ3v) is 6.84. The number of sulfonamides is 1. The summed E-state index contributed by atoms with van der Waals surface area (Å²) in [6, 6.07) is 13.8. The van der Waals surface area contributed by atoms with Crippen molar-refractivity contribution in [2.75, 3.05) is 22.7 Å². The molecule has 6 nitrogen and oxygen atoms in total. The maximum Gasteiger partial charge on any atom is 0.416 e. The largest absolute Gasteiger partial charge is 0.416 e. The normalized spacial score (nSPS) is 15.2. The highest BCUT2D eigenvalue weighted by Gasteiger charge is 2.31. The Labute approximate surface area is 190 Å². The minimum absolute atomic E-state index is 0.211. The molecule has 33 heavy (non-hydrogen) atoms. The highest BCUT2D eigenvalue weighted by Crippen LogP contribution is 2.31. The van der Waals surface area contributed by atoms with E-state index in [9.17, 15) is 21.6 Å². The molecule has 2 aromatic carbocycles. The molecule has 0 spiro atoms. The van der Waals surface area contributed by atoms with Crippen LogP contribution in [0.2, 0.25) is 0 Å². The van der Waals surface area contributed by atoms with Gasteiger partial charge in [0.25, 0.3) is 10.0 Å². The minimum Gasteiger partial charge on any atom is -0.355 e. The Balaban J connectivity index is 1.53. The molecule has 0 aliphatic carbocycles. The van der Waals surface area contributed by atoms with Crippen molar-refractivity contribution in [3.05, 3.63) is 66.2 Å². The van der Waals surface area contributed by atoms with Gasteiger partial charge in [-0.2, -0.15) is 13.2 Å². The van der Waals surface area contributed by atoms with Crippen LogP contribution < -0.4 is 9.62 Å². The number of hydrogen-bond acceptors (Lipinski definition) is 5. The first kappa shape index (κ1) is 23.0. The number of anilines is 2. The summed E-state index contributed by atoms with van der Waals surface area (Å²) < 4.78 is 66.5. The van der Waals surface area contributed by atoms with Crippen LogP contribution in [0.5, 0.6) is 0 Å². The predicted octanol–water partition coefficient (Wildman–Crippen LogP) is 5.34. The molecule has 10 heteroatoms. The highest BCUT2D eigenvalue weighted by molar-refractivity contribution is 7.92. The van der Waals surface area contributed by atoms with Gasteiger partial charge in [-0.05, 0) is 55.3 Å². The van der Waals surface area contributed by atoms with Crippen LogP contribution in [-0.2, 0) is 16.2 Å². The van der Waals surface area contributed by atoms with Gasteiger partial charge < -0.3 is 4.90 Å². The molecule has 1 aliphatic heterocycles. The Kier molecular flexibility index (Phi) is 6.55. The van der Waals surface area contributed by atoms with Crippen molar-refractivity contribution in [3.63, 3.8) is 0 Å². The lowest BCUT2D eigenvalue weighted by Gasteiger charge is -2.20. The fraction of sp³-hybridized carbons (Fsp3) is 0.304. The first-order valence-corrected chi connectivity index (χ1v) is 12.1. The van der Waals surface area contributed by atoms with Gasteiger partial charge in [0.1, 0.15) is 0 Å². The molecule has 1 fully saturated rings. The van der Waals surface area contributed by atoms with Crippen LogP contribution in [0.15, 0.2) is 65.6 Å². The van der Waals surface area contributed by atoms with E-state index in [0.717, 1.165) is 49.9 Å². The van der Waals surface area contributed by atoms with E-state index in [4.69, 9.17) is 0 Å². The van der Waals surface area contributed by atoms with Crippen molar-refractivity contribution in [2.45, 2.75) is 36.8 Å². The molecule has 1 saturated heterocycles. The number of alkyl halides is 3. The predicted molar refractivity (Wildman–Crippen MR) is 120 cm³/mol. The van der Waals surface area contributed by atoms with Crippen molar-refractivity contribution >= 4 is 21.5 Å². The summed E-state index contributed by atoms with van der Waals surface area (Å²) in [5, 5.41) is 8.63. The average Bonchev–Trinajstić information content (AvgIpc) is 3.08. The molecule has 0 amide bonds. The molecule has 0 bridgehead atoms. The van der Waals surface area contributed by atoms with Crippen LogP contribution in [0, 0.1) is 0 Å². The third-order valence-electron chi connectivity index (χ3n) is 5.46. The van der Waals surface area contributed by atoms with Crippen molar-refractivity contribution in [1.82, 2.24) is 10.2 Å². The van der Waals surface area contributed by atoms with Gasteiger partial charge in [0, 0.05) is 24.3 Å². The molecule has 3 aromatic rings. The molecule has 1 N–H and O–H groups in total. The second kappa shape index (κ2) is 9.38. The number of halogens is 3. The number of rotatable bonds is 5. The molecule has 0 radical (unpaired) electrons. The lowest BCUT2D eigenvalue weighted by atomic mass is 10.1. The highest BCUT2D eigenvalue weighted by atomic mass is 32.2. The fourth-order valence-corrected chi connectivity index (χ4v) is 4.84. The number of nitrogens with zero attached hydrogens (tertiary/aromatic N) is 3. The molecule has 2 heterocycles. The molecule has 0 saturated carbocycles. The monoisotopic (exact) mass is 476 g/mol. The summed E-state index contributed by atoms with van der Waals surface area (Å²) in [6.07, 6.45) is 0.0367. The van der Waals surface area contributed by atoms with Crippen molar-refractivity contribution in [2.24, 2.45) is 0 Å². The van der Waals surface area contributed by atoms with Crippen LogP contribution in [0.4, 0.5) is 24.7 Å². The molecule has 0 atom stereocenters. The maximum atomic E-state index is 13.0. The molecule has 174 valence electrons. The quantitative estimate of drug-likeness (QED) is 0.538. The van der Waals surface area contributed by atoms with Crippen molar-refractivity contribution in [1.29, 1.82) is 0 Å². The molecular weight excluding hydrogens is 453 g/mol. The Morgan fingerprint density at radius 2 is 1.58 bits per heavy atom. The average molecular weight is 477 g/mol. The van der Waals surface area contributed by atoms with Gasteiger partial charge >= 0.3 is 6.18 Å². The number of hydrogen-bond donors (Lipinski definition) is 1. The summed E-state index contributed by atoms with van der Waals surface area (Å²) in [5.41, 5.74) is 0.380. The van der Waals surface area contributed by atoms with Gasteiger partial charge in [-0.15, -0.1) is 10.2 Å². The second-order valence-corrected chi connectivity index (χ2v) is 9.57. The van der Waals surface area contributed by atoms with Gasteiger partial charge in [0.05, 0.1) is 16.2 Å². The van der Waals surface area contributed by atoms with Gasteiger partial charge in [0.15, 0.2) is 5.82 Å². The maximum absolute atomic E-state index is 13.0. The van der Waals surface area contributed by atoms with Crippen LogP contribution >= 0.6 is 0 Å². The Bertz CT molecular complexity index is 1210. The van der Waals surface area contributed by atoms with E-state index in [1.54, 1.807) is 18.2 Å². The van der Waals surface area contributed by atoms with Crippen LogP contribution in [-0.4, -0.2) is 31.7 Å². The van der Waals surface area contributed by atoms with Gasteiger partial charge in [-0.1, -0.05) is 31.0 Å². The first-order valence-electron chi connectivity index (χ1n) is 10.6. The number of benzene rings is 2. The van der Waals surface area contributed by atoms with E-state index in [-0.39, 0.29) is 5.69 Å². The summed E-state index contributed by atoms with van der Waals surface area (Å²) >= 11 is 0. The summed E-state index contributed by atoms with van der Waals surface area (Å²) in [4.78, 5) is 1.74. The third kappa shape index (κ3) is 5.62. The van der Waals surface area contributed by atoms with Gasteiger partial charge in [0.2, 0.25) is 0 Å². The SMILES string of the molecule is O=S(=O)(Nc1cccc(-c2ccc(N3CCCCCC3)nn2)c1)c1cccc(C(F)(F)F)c1. The topological polar surface area (TPSA) is 75.2 Å². The van der Waals surface area contributed by atoms with Crippen molar-refractivity contribution in [3.8, 4) is 11.3 Å². The first-order chi connectivity index (χ1) is 15.7. The van der Waals surface area contributed by atoms with Crippen LogP contribution in [0.3, 0.4) is 0 Å². The lowest BCUT2D eigenvalue weighted by Crippen LogP contribution is -2.25. The molecule has 1 aromatic heterocycles. The number of aromatic nitrogens is 2. The second-order valence-electron chi connectivity index (χ2n) is 7.89. The summed E-state index contributed by atoms with van der Waals surface area (Å²) in [7, 11) is -4.21. The zero-order valence-corrected chi connectivity index (χ0v) is 18.5. The van der Waals surface area contributed by atoms with Crippen molar-refractivity contribution < 1.29 is 21.6 Å². The summed E-state index contributed by atoms with van der Waals surface area (Å²) in [6.45, 7) is 1.89. The van der Waals surface area contributed by atoms with E-state index in [2.05, 4.69) is 19.8 Å². The standard InChI is InChI=1S/C23H23F3N4O2S/c24-23(25,26)18-8-6-10-20(16-18)33(31,32)29-19-9-5-7-17(15-19)21-11-12-22(28-27-21)30-13-3-1-2-4-14-30/h5-12,15-16,29H,1-4,13-14H2. The van der Waals surface area contributed by atoms with E-state index in [0.29, 0.717) is 17.3 Å². The Morgan fingerprint density at radius 3 is 2.24 bits per heavy atom. The Hall–Kier alpha value is -3.14. The minimum atomic E-state index is -4.64. The van der Waals surface area contributed by atoms with E-state index in [1.807, 2.05) is 12.1 Å². The van der Waals surface area contributed by atoms with Gasteiger partial charge in [-0.3, -0.25) is 4.72 Å². The zero-order chi connectivity index (χ0) is 23.5. The molecule has 0 unspecified atom stereocenters. The molecular formula is C23H23F3N4O2S. The lowest BCUT2D eigenvalue weighted by molar-refractivity contribution is -0.137.